The maximum Gasteiger partial charge on any atom is 0.137 e. The van der Waals surface area contributed by atoms with Crippen molar-refractivity contribution in [3.63, 3.8) is 0 Å². The molecule has 3 aromatic rings. The van der Waals surface area contributed by atoms with Crippen LogP contribution in [0.2, 0.25) is 0 Å². The zero-order valence-corrected chi connectivity index (χ0v) is 20.6. The van der Waals surface area contributed by atoms with Crippen molar-refractivity contribution in [3.8, 4) is 23.1 Å². The summed E-state index contributed by atoms with van der Waals surface area (Å²) in [4.78, 5) is 16.3. The first kappa shape index (κ1) is 24.3. The molecule has 36 heavy (non-hydrogen) atoms. The topological polar surface area (TPSA) is 93.4 Å². The largest absolute Gasteiger partial charge is 0.489 e. The van der Waals surface area contributed by atoms with Gasteiger partial charge in [-0.25, -0.2) is 9.97 Å². The van der Waals surface area contributed by atoms with E-state index in [2.05, 4.69) is 35.0 Å². The molecule has 0 amide bonds. The third-order valence-corrected chi connectivity index (χ3v) is 6.79. The second-order valence-corrected chi connectivity index (χ2v) is 9.20. The number of rotatable bonds is 7. The molecule has 1 atom stereocenters. The number of nitriles is 1. The highest BCUT2D eigenvalue weighted by atomic mass is 16.5. The highest BCUT2D eigenvalue weighted by Crippen LogP contribution is 2.28. The molecule has 0 spiro atoms. The maximum atomic E-state index is 9.71. The SMILES string of the molecule is CC(c1ccc(Cc2nccc(-c3ccc(OC4CCOCC4)c(C#N)c3)n2)cn1)N1CCOCC1. The lowest BCUT2D eigenvalue weighted by Crippen LogP contribution is -2.38. The average molecular weight is 486 g/mol. The quantitative estimate of drug-likeness (QED) is 0.497. The molecule has 2 fully saturated rings. The molecule has 0 radical (unpaired) electrons. The summed E-state index contributed by atoms with van der Waals surface area (Å²) in [7, 11) is 0. The molecular formula is C28H31N5O3. The van der Waals surface area contributed by atoms with Crippen LogP contribution in [0.4, 0.5) is 0 Å². The van der Waals surface area contributed by atoms with Crippen LogP contribution in [-0.2, 0) is 15.9 Å². The Hall–Kier alpha value is -3.38. The van der Waals surface area contributed by atoms with E-state index in [4.69, 9.17) is 24.2 Å². The van der Waals surface area contributed by atoms with Gasteiger partial charge in [0.2, 0.25) is 0 Å². The van der Waals surface area contributed by atoms with Crippen molar-refractivity contribution in [1.29, 1.82) is 5.26 Å². The van der Waals surface area contributed by atoms with Crippen LogP contribution in [0.5, 0.6) is 5.75 Å². The molecule has 2 aromatic heterocycles. The lowest BCUT2D eigenvalue weighted by atomic mass is 10.1. The zero-order valence-electron chi connectivity index (χ0n) is 20.6. The standard InChI is InChI=1S/C28H31N5O3/c1-20(33-10-14-35-15-11-33)25-4-2-21(19-31-25)16-28-30-9-6-26(32-28)22-3-5-27(23(17-22)18-29)36-24-7-12-34-13-8-24/h2-6,9,17,19-20,24H,7-8,10-16H2,1H3. The van der Waals surface area contributed by atoms with Crippen LogP contribution < -0.4 is 4.74 Å². The first-order valence-corrected chi connectivity index (χ1v) is 12.6. The van der Waals surface area contributed by atoms with Gasteiger partial charge >= 0.3 is 0 Å². The summed E-state index contributed by atoms with van der Waals surface area (Å²) in [6, 6.07) is 14.2. The molecule has 0 N–H and O–H groups in total. The summed E-state index contributed by atoms with van der Waals surface area (Å²) < 4.78 is 16.9. The Bertz CT molecular complexity index is 1200. The third kappa shape index (κ3) is 5.88. The van der Waals surface area contributed by atoms with Crippen molar-refractivity contribution in [1.82, 2.24) is 19.9 Å². The minimum absolute atomic E-state index is 0.0826. The van der Waals surface area contributed by atoms with E-state index >= 15 is 0 Å². The van der Waals surface area contributed by atoms with Crippen molar-refractivity contribution in [2.45, 2.75) is 38.3 Å². The summed E-state index contributed by atoms with van der Waals surface area (Å²) in [5.41, 5.74) is 4.26. The van der Waals surface area contributed by atoms with Gasteiger partial charge in [-0.2, -0.15) is 5.26 Å². The van der Waals surface area contributed by atoms with Gasteiger partial charge in [0.05, 0.1) is 43.4 Å². The molecule has 1 aromatic carbocycles. The molecule has 8 heteroatoms. The van der Waals surface area contributed by atoms with E-state index in [1.807, 2.05) is 30.5 Å². The number of benzene rings is 1. The minimum Gasteiger partial charge on any atom is -0.489 e. The van der Waals surface area contributed by atoms with Gasteiger partial charge in [0.15, 0.2) is 0 Å². The number of hydrogen-bond acceptors (Lipinski definition) is 8. The molecule has 1 unspecified atom stereocenters. The summed E-state index contributed by atoms with van der Waals surface area (Å²) in [5, 5.41) is 9.71. The first-order valence-electron chi connectivity index (χ1n) is 12.6. The monoisotopic (exact) mass is 485 g/mol. The number of hydrogen-bond donors (Lipinski definition) is 0. The fourth-order valence-electron chi connectivity index (χ4n) is 4.62. The van der Waals surface area contributed by atoms with Crippen LogP contribution in [0.1, 0.15) is 48.5 Å². The smallest absolute Gasteiger partial charge is 0.137 e. The molecule has 0 aliphatic carbocycles. The summed E-state index contributed by atoms with van der Waals surface area (Å²) in [6.07, 6.45) is 6.02. The first-order chi connectivity index (χ1) is 17.7. The zero-order chi connectivity index (χ0) is 24.7. The Kier molecular flexibility index (Phi) is 7.82. The van der Waals surface area contributed by atoms with Gasteiger partial charge < -0.3 is 14.2 Å². The fraction of sp³-hybridized carbons (Fsp3) is 0.429. The van der Waals surface area contributed by atoms with Crippen LogP contribution in [-0.4, -0.2) is 65.5 Å². The highest BCUT2D eigenvalue weighted by molar-refractivity contribution is 5.64. The van der Waals surface area contributed by atoms with Crippen LogP contribution in [0.25, 0.3) is 11.3 Å². The van der Waals surface area contributed by atoms with Gasteiger partial charge in [-0.1, -0.05) is 6.07 Å². The molecule has 5 rings (SSSR count). The van der Waals surface area contributed by atoms with E-state index in [-0.39, 0.29) is 12.1 Å². The van der Waals surface area contributed by atoms with Crippen LogP contribution in [0, 0.1) is 11.3 Å². The maximum absolute atomic E-state index is 9.71. The number of pyridine rings is 1. The van der Waals surface area contributed by atoms with Crippen LogP contribution >= 0.6 is 0 Å². The Labute approximate surface area is 211 Å². The number of nitrogens with zero attached hydrogens (tertiary/aromatic N) is 5. The Morgan fingerprint density at radius 3 is 2.61 bits per heavy atom. The Balaban J connectivity index is 1.27. The third-order valence-electron chi connectivity index (χ3n) is 6.79. The van der Waals surface area contributed by atoms with E-state index in [0.717, 1.165) is 61.7 Å². The van der Waals surface area contributed by atoms with E-state index in [1.54, 1.807) is 6.20 Å². The van der Waals surface area contributed by atoms with Crippen LogP contribution in [0.15, 0.2) is 48.8 Å². The molecule has 2 aliphatic heterocycles. The molecule has 186 valence electrons. The second-order valence-electron chi connectivity index (χ2n) is 9.20. The fourth-order valence-corrected chi connectivity index (χ4v) is 4.62. The second kappa shape index (κ2) is 11.6. The molecule has 2 aliphatic rings. The molecule has 2 saturated heterocycles. The number of aromatic nitrogens is 3. The predicted molar refractivity (Wildman–Crippen MR) is 135 cm³/mol. The van der Waals surface area contributed by atoms with Gasteiger partial charge in [-0.3, -0.25) is 9.88 Å². The lowest BCUT2D eigenvalue weighted by molar-refractivity contribution is 0.0190. The van der Waals surface area contributed by atoms with Crippen LogP contribution in [0.3, 0.4) is 0 Å². The van der Waals surface area contributed by atoms with E-state index in [9.17, 15) is 5.26 Å². The lowest BCUT2D eigenvalue weighted by Gasteiger charge is -2.31. The normalized spacial score (nSPS) is 17.9. The van der Waals surface area contributed by atoms with Gasteiger partial charge in [0.1, 0.15) is 23.7 Å². The van der Waals surface area contributed by atoms with Gasteiger partial charge in [0.25, 0.3) is 0 Å². The number of morpholine rings is 1. The van der Waals surface area contributed by atoms with Gasteiger partial charge in [0, 0.05) is 56.4 Å². The van der Waals surface area contributed by atoms with Gasteiger partial charge in [-0.05, 0) is 42.8 Å². The Morgan fingerprint density at radius 1 is 1.06 bits per heavy atom. The molecule has 8 nitrogen and oxygen atoms in total. The molecule has 0 saturated carbocycles. The Morgan fingerprint density at radius 2 is 1.86 bits per heavy atom. The molecular weight excluding hydrogens is 454 g/mol. The minimum atomic E-state index is 0.0826. The highest BCUT2D eigenvalue weighted by Gasteiger charge is 2.20. The van der Waals surface area contributed by atoms with E-state index in [0.29, 0.717) is 36.8 Å². The molecule has 0 bridgehead atoms. The van der Waals surface area contributed by atoms with E-state index < -0.39 is 0 Å². The van der Waals surface area contributed by atoms with Crippen molar-refractivity contribution >= 4 is 0 Å². The van der Waals surface area contributed by atoms with E-state index in [1.165, 1.54) is 0 Å². The summed E-state index contributed by atoms with van der Waals surface area (Å²) in [6.45, 7) is 6.99. The van der Waals surface area contributed by atoms with Crippen molar-refractivity contribution in [2.75, 3.05) is 39.5 Å². The van der Waals surface area contributed by atoms with Gasteiger partial charge in [-0.15, -0.1) is 0 Å². The van der Waals surface area contributed by atoms with Crippen molar-refractivity contribution in [2.24, 2.45) is 0 Å². The van der Waals surface area contributed by atoms with Crippen molar-refractivity contribution in [3.05, 3.63) is 71.4 Å². The summed E-state index contributed by atoms with van der Waals surface area (Å²) >= 11 is 0. The summed E-state index contributed by atoms with van der Waals surface area (Å²) in [5.74, 6) is 1.32. The number of ether oxygens (including phenoxy) is 3. The predicted octanol–water partition coefficient (Wildman–Crippen LogP) is 3.95. The van der Waals surface area contributed by atoms with Crippen molar-refractivity contribution < 1.29 is 14.2 Å². The molecule has 4 heterocycles. The average Bonchev–Trinajstić information content (AvgIpc) is 2.94.